The van der Waals surface area contributed by atoms with Gasteiger partial charge in [-0.3, -0.25) is 0 Å². The quantitative estimate of drug-likeness (QED) is 0.563. The molecule has 136 valence electrons. The smallest absolute Gasteiger partial charge is 0.407 e. The van der Waals surface area contributed by atoms with Crippen LogP contribution in [0.3, 0.4) is 0 Å². The van der Waals surface area contributed by atoms with E-state index in [1.165, 1.54) is 12.5 Å². The Bertz CT molecular complexity index is 466. The van der Waals surface area contributed by atoms with Crippen LogP contribution in [0, 0.1) is 11.7 Å². The lowest BCUT2D eigenvalue weighted by Crippen LogP contribution is -2.25. The molecule has 1 amide bonds. The van der Waals surface area contributed by atoms with Gasteiger partial charge in [-0.1, -0.05) is 44.9 Å². The van der Waals surface area contributed by atoms with Crippen molar-refractivity contribution in [1.29, 1.82) is 0 Å². The zero-order chi connectivity index (χ0) is 17.6. The van der Waals surface area contributed by atoms with Crippen LogP contribution in [0.2, 0.25) is 0 Å². The molecule has 0 unspecified atom stereocenters. The van der Waals surface area contributed by atoms with Gasteiger partial charge in [0.2, 0.25) is 0 Å². The van der Waals surface area contributed by atoms with Crippen LogP contribution in [0.1, 0.15) is 51.5 Å². The first kappa shape index (κ1) is 20.4. The summed E-state index contributed by atoms with van der Waals surface area (Å²) in [6, 6.07) is 6.58. The summed E-state index contributed by atoms with van der Waals surface area (Å²) in [6.45, 7) is 6.22. The number of carbonyl (C=O) groups is 1. The van der Waals surface area contributed by atoms with Crippen molar-refractivity contribution in [1.82, 2.24) is 5.32 Å². The molecule has 0 aromatic heterocycles. The molecule has 1 N–H and O–H groups in total. The van der Waals surface area contributed by atoms with Gasteiger partial charge in [-0.05, 0) is 31.2 Å². The van der Waals surface area contributed by atoms with Crippen LogP contribution in [-0.4, -0.2) is 25.9 Å². The summed E-state index contributed by atoms with van der Waals surface area (Å²) in [5.74, 6) is 0.462. The molecule has 0 saturated heterocycles. The molecule has 5 heteroatoms. The number of ether oxygens (including phenoxy) is 2. The molecule has 0 bridgehead atoms. The molecule has 4 nitrogen and oxygen atoms in total. The van der Waals surface area contributed by atoms with Crippen molar-refractivity contribution in [2.24, 2.45) is 5.92 Å². The van der Waals surface area contributed by atoms with Crippen LogP contribution in [0.15, 0.2) is 24.3 Å². The zero-order valence-corrected chi connectivity index (χ0v) is 14.9. The van der Waals surface area contributed by atoms with Gasteiger partial charge in [-0.2, -0.15) is 0 Å². The van der Waals surface area contributed by atoms with Gasteiger partial charge in [0.05, 0.1) is 13.2 Å². The highest BCUT2D eigenvalue weighted by molar-refractivity contribution is 5.66. The first-order valence-corrected chi connectivity index (χ1v) is 8.81. The maximum atomic E-state index is 13.4. The number of alkyl carbamates (subject to hydrolysis) is 1. The number of halogens is 1. The predicted molar refractivity (Wildman–Crippen MR) is 93.3 cm³/mol. The van der Waals surface area contributed by atoms with Gasteiger partial charge in [-0.15, -0.1) is 0 Å². The third-order valence-corrected chi connectivity index (χ3v) is 3.61. The second kappa shape index (κ2) is 12.8. The summed E-state index contributed by atoms with van der Waals surface area (Å²) in [7, 11) is 0. The van der Waals surface area contributed by atoms with E-state index in [1.807, 2.05) is 0 Å². The molecular formula is C19H30FNO3. The number of nitrogens with one attached hydrogen (secondary N) is 1. The predicted octanol–water partition coefficient (Wildman–Crippen LogP) is 4.68. The Morgan fingerprint density at radius 1 is 1.12 bits per heavy atom. The standard InChI is InChI=1S/C19H30FNO3/c1-16(2)9-5-6-12-21-19(22)24-14-8-7-13-23-15-17-10-3-4-11-18(17)20/h3-4,10-11,16H,5-9,12-15H2,1-2H3,(H,21,22). The Balaban J connectivity index is 1.91. The molecule has 0 atom stereocenters. The van der Waals surface area contributed by atoms with E-state index < -0.39 is 0 Å². The summed E-state index contributed by atoms with van der Waals surface area (Å²) >= 11 is 0. The van der Waals surface area contributed by atoms with Crippen molar-refractivity contribution in [3.8, 4) is 0 Å². The average molecular weight is 339 g/mol. The van der Waals surface area contributed by atoms with E-state index in [4.69, 9.17) is 9.47 Å². The molecule has 0 aliphatic rings. The SMILES string of the molecule is CC(C)CCCCNC(=O)OCCCCOCc1ccccc1F. The first-order chi connectivity index (χ1) is 11.6. The van der Waals surface area contributed by atoms with E-state index in [9.17, 15) is 9.18 Å². The van der Waals surface area contributed by atoms with Gasteiger partial charge < -0.3 is 14.8 Å². The largest absolute Gasteiger partial charge is 0.450 e. The molecule has 1 aromatic rings. The van der Waals surface area contributed by atoms with Crippen LogP contribution in [-0.2, 0) is 16.1 Å². The fraction of sp³-hybridized carbons (Fsp3) is 0.632. The lowest BCUT2D eigenvalue weighted by Gasteiger charge is -2.08. The van der Waals surface area contributed by atoms with Gasteiger partial charge in [0, 0.05) is 18.7 Å². The number of unbranched alkanes of at least 4 members (excludes halogenated alkanes) is 2. The molecule has 0 spiro atoms. The first-order valence-electron chi connectivity index (χ1n) is 8.81. The summed E-state index contributed by atoms with van der Waals surface area (Å²) in [6.07, 6.45) is 4.44. The molecule has 0 aliphatic heterocycles. The van der Waals surface area contributed by atoms with Gasteiger partial charge >= 0.3 is 6.09 Å². The minimum atomic E-state index is -0.355. The van der Waals surface area contributed by atoms with Crippen LogP contribution in [0.5, 0.6) is 0 Å². The highest BCUT2D eigenvalue weighted by atomic mass is 19.1. The maximum absolute atomic E-state index is 13.4. The third-order valence-electron chi connectivity index (χ3n) is 3.61. The molecule has 0 fully saturated rings. The number of amides is 1. The van der Waals surface area contributed by atoms with Gasteiger partial charge in [0.25, 0.3) is 0 Å². The summed E-state index contributed by atoms with van der Waals surface area (Å²) in [4.78, 5) is 11.4. The number of hydrogen-bond acceptors (Lipinski definition) is 3. The molecule has 0 heterocycles. The maximum Gasteiger partial charge on any atom is 0.407 e. The Morgan fingerprint density at radius 2 is 1.88 bits per heavy atom. The lowest BCUT2D eigenvalue weighted by atomic mass is 10.1. The number of carbonyl (C=O) groups excluding carboxylic acids is 1. The summed E-state index contributed by atoms with van der Waals surface area (Å²) in [5, 5.41) is 2.75. The van der Waals surface area contributed by atoms with Gasteiger partial charge in [0.15, 0.2) is 0 Å². The molecule has 0 radical (unpaired) electrons. The second-order valence-corrected chi connectivity index (χ2v) is 6.30. The van der Waals surface area contributed by atoms with Gasteiger partial charge in [0.1, 0.15) is 5.82 Å². The zero-order valence-electron chi connectivity index (χ0n) is 14.9. The minimum absolute atomic E-state index is 0.245. The molecule has 1 rings (SSSR count). The van der Waals surface area contributed by atoms with E-state index in [2.05, 4.69) is 19.2 Å². The monoisotopic (exact) mass is 339 g/mol. The third kappa shape index (κ3) is 10.2. The van der Waals surface area contributed by atoms with E-state index in [-0.39, 0.29) is 18.5 Å². The normalized spacial score (nSPS) is 10.8. The summed E-state index contributed by atoms with van der Waals surface area (Å²) < 4.78 is 23.9. The molecule has 1 aromatic carbocycles. The van der Waals surface area contributed by atoms with Crippen molar-refractivity contribution >= 4 is 6.09 Å². The molecule has 0 saturated carbocycles. The van der Waals surface area contributed by atoms with Crippen molar-refractivity contribution in [3.63, 3.8) is 0 Å². The van der Waals surface area contributed by atoms with Crippen LogP contribution >= 0.6 is 0 Å². The summed E-state index contributed by atoms with van der Waals surface area (Å²) in [5.41, 5.74) is 0.561. The van der Waals surface area contributed by atoms with E-state index >= 15 is 0 Å². The van der Waals surface area contributed by atoms with E-state index in [1.54, 1.807) is 18.2 Å². The topological polar surface area (TPSA) is 47.6 Å². The van der Waals surface area contributed by atoms with E-state index in [0.29, 0.717) is 31.2 Å². The molecule has 24 heavy (non-hydrogen) atoms. The fourth-order valence-electron chi connectivity index (χ4n) is 2.19. The number of hydrogen-bond donors (Lipinski definition) is 1. The highest BCUT2D eigenvalue weighted by Gasteiger charge is 2.02. The van der Waals surface area contributed by atoms with Crippen LogP contribution in [0.25, 0.3) is 0 Å². The van der Waals surface area contributed by atoms with Crippen molar-refractivity contribution in [2.75, 3.05) is 19.8 Å². The number of benzene rings is 1. The Kier molecular flexibility index (Phi) is 10.9. The fourth-order valence-corrected chi connectivity index (χ4v) is 2.19. The molecule has 0 aliphatic carbocycles. The average Bonchev–Trinajstić information content (AvgIpc) is 2.55. The van der Waals surface area contributed by atoms with Gasteiger partial charge in [-0.25, -0.2) is 9.18 Å². The van der Waals surface area contributed by atoms with Crippen molar-refractivity contribution in [3.05, 3.63) is 35.6 Å². The number of rotatable bonds is 12. The highest BCUT2D eigenvalue weighted by Crippen LogP contribution is 2.08. The Labute approximate surface area is 144 Å². The van der Waals surface area contributed by atoms with Crippen LogP contribution < -0.4 is 5.32 Å². The Morgan fingerprint density at radius 3 is 2.62 bits per heavy atom. The minimum Gasteiger partial charge on any atom is -0.450 e. The lowest BCUT2D eigenvalue weighted by molar-refractivity contribution is 0.104. The Hall–Kier alpha value is -1.62. The molecular weight excluding hydrogens is 309 g/mol. The van der Waals surface area contributed by atoms with Crippen molar-refractivity contribution in [2.45, 2.75) is 52.6 Å². The second-order valence-electron chi connectivity index (χ2n) is 6.30. The van der Waals surface area contributed by atoms with Crippen molar-refractivity contribution < 1.29 is 18.7 Å². The van der Waals surface area contributed by atoms with Crippen LogP contribution in [0.4, 0.5) is 9.18 Å². The van der Waals surface area contributed by atoms with E-state index in [0.717, 1.165) is 25.7 Å².